The third kappa shape index (κ3) is 3.11. The van der Waals surface area contributed by atoms with E-state index < -0.39 is 0 Å². The summed E-state index contributed by atoms with van der Waals surface area (Å²) in [6.45, 7) is 4.06. The zero-order chi connectivity index (χ0) is 8.81. The first-order valence-electron chi connectivity index (χ1n) is 5.18. The maximum atomic E-state index is 6.07. The average Bonchev–Trinajstić information content (AvgIpc) is 2.32. The van der Waals surface area contributed by atoms with Gasteiger partial charge in [-0.05, 0) is 31.6 Å². The molecule has 0 spiro atoms. The summed E-state index contributed by atoms with van der Waals surface area (Å²) in [5.74, 6) is 0.715. The highest BCUT2D eigenvalue weighted by Crippen LogP contribution is 2.20. The molecule has 2 N–H and O–H groups in total. The van der Waals surface area contributed by atoms with Crippen LogP contribution in [0.25, 0.3) is 0 Å². The summed E-state index contributed by atoms with van der Waals surface area (Å²) in [6, 6.07) is 0.414. The van der Waals surface area contributed by atoms with Crippen LogP contribution in [0, 0.1) is 5.92 Å². The van der Waals surface area contributed by atoms with Crippen LogP contribution in [0.2, 0.25) is 0 Å². The van der Waals surface area contributed by atoms with Crippen LogP contribution in [0.5, 0.6) is 0 Å². The minimum absolute atomic E-state index is 0.414. The zero-order valence-electron chi connectivity index (χ0n) is 8.09. The number of nitrogens with two attached hydrogens (primary N) is 1. The summed E-state index contributed by atoms with van der Waals surface area (Å²) in [4.78, 5) is 0. The quantitative estimate of drug-likeness (QED) is 0.704. The van der Waals surface area contributed by atoms with Crippen LogP contribution in [0.4, 0.5) is 0 Å². The van der Waals surface area contributed by atoms with Crippen molar-refractivity contribution in [2.24, 2.45) is 11.7 Å². The molecule has 2 nitrogen and oxygen atoms in total. The maximum Gasteiger partial charge on any atom is 0.0469 e. The molecule has 2 atom stereocenters. The molecule has 1 aliphatic heterocycles. The Hall–Kier alpha value is -0.0800. The molecular weight excluding hydrogens is 150 g/mol. The van der Waals surface area contributed by atoms with Crippen LogP contribution in [-0.4, -0.2) is 19.3 Å². The molecule has 2 heteroatoms. The van der Waals surface area contributed by atoms with Gasteiger partial charge in [-0.25, -0.2) is 0 Å². The molecule has 1 fully saturated rings. The summed E-state index contributed by atoms with van der Waals surface area (Å²) in [6.07, 6.45) is 6.01. The Labute approximate surface area is 75.5 Å². The largest absolute Gasteiger partial charge is 0.381 e. The van der Waals surface area contributed by atoms with E-state index in [1.807, 2.05) is 0 Å². The van der Waals surface area contributed by atoms with Crippen LogP contribution >= 0.6 is 0 Å². The van der Waals surface area contributed by atoms with Gasteiger partial charge in [0.2, 0.25) is 0 Å². The van der Waals surface area contributed by atoms with Gasteiger partial charge in [0.25, 0.3) is 0 Å². The van der Waals surface area contributed by atoms with Gasteiger partial charge in [0.05, 0.1) is 0 Å². The standard InChI is InChI=1S/C10H21NO/c1-2-4-10(11)9-5-3-7-12-8-6-9/h9-10H,2-8,11H2,1H3. The lowest BCUT2D eigenvalue weighted by atomic mass is 9.90. The second kappa shape index (κ2) is 5.55. The van der Waals surface area contributed by atoms with Crippen molar-refractivity contribution in [2.75, 3.05) is 13.2 Å². The zero-order valence-corrected chi connectivity index (χ0v) is 8.09. The fourth-order valence-corrected chi connectivity index (χ4v) is 1.93. The van der Waals surface area contributed by atoms with E-state index in [1.165, 1.54) is 32.1 Å². The van der Waals surface area contributed by atoms with Gasteiger partial charge >= 0.3 is 0 Å². The summed E-state index contributed by atoms with van der Waals surface area (Å²) < 4.78 is 5.40. The molecule has 0 radical (unpaired) electrons. The molecule has 0 amide bonds. The molecule has 1 rings (SSSR count). The van der Waals surface area contributed by atoms with Crippen LogP contribution < -0.4 is 5.73 Å². The normalized spacial score (nSPS) is 28.0. The van der Waals surface area contributed by atoms with Crippen LogP contribution in [-0.2, 0) is 4.74 Å². The van der Waals surface area contributed by atoms with Crippen molar-refractivity contribution < 1.29 is 4.74 Å². The first-order chi connectivity index (χ1) is 5.84. The van der Waals surface area contributed by atoms with E-state index in [4.69, 9.17) is 10.5 Å². The number of hydrogen-bond donors (Lipinski definition) is 1. The lowest BCUT2D eigenvalue weighted by Crippen LogP contribution is -2.30. The third-order valence-electron chi connectivity index (χ3n) is 2.72. The van der Waals surface area contributed by atoms with Gasteiger partial charge < -0.3 is 10.5 Å². The lowest BCUT2D eigenvalue weighted by molar-refractivity contribution is 0.140. The van der Waals surface area contributed by atoms with Gasteiger partial charge in [0, 0.05) is 19.3 Å². The van der Waals surface area contributed by atoms with Gasteiger partial charge in [0.1, 0.15) is 0 Å². The molecule has 0 aliphatic carbocycles. The molecule has 0 aromatic rings. The number of ether oxygens (including phenoxy) is 1. The van der Waals surface area contributed by atoms with Crippen molar-refractivity contribution in [1.29, 1.82) is 0 Å². The second-order valence-corrected chi connectivity index (χ2v) is 3.76. The fourth-order valence-electron chi connectivity index (χ4n) is 1.93. The summed E-state index contributed by atoms with van der Waals surface area (Å²) >= 11 is 0. The molecule has 12 heavy (non-hydrogen) atoms. The van der Waals surface area contributed by atoms with E-state index in [1.54, 1.807) is 0 Å². The molecule has 2 unspecified atom stereocenters. The first-order valence-corrected chi connectivity index (χ1v) is 5.18. The molecule has 0 bridgehead atoms. The van der Waals surface area contributed by atoms with Crippen LogP contribution in [0.3, 0.4) is 0 Å². The van der Waals surface area contributed by atoms with E-state index in [9.17, 15) is 0 Å². The molecule has 0 saturated carbocycles. The van der Waals surface area contributed by atoms with Gasteiger partial charge in [0.15, 0.2) is 0 Å². The number of hydrogen-bond acceptors (Lipinski definition) is 2. The SMILES string of the molecule is CCCC(N)C1CCCOCC1. The second-order valence-electron chi connectivity index (χ2n) is 3.76. The molecule has 1 aliphatic rings. The summed E-state index contributed by atoms with van der Waals surface area (Å²) in [7, 11) is 0. The van der Waals surface area contributed by atoms with E-state index in [0.717, 1.165) is 13.2 Å². The fraction of sp³-hybridized carbons (Fsp3) is 1.00. The van der Waals surface area contributed by atoms with Gasteiger partial charge in [-0.3, -0.25) is 0 Å². The van der Waals surface area contributed by atoms with Crippen molar-refractivity contribution in [3.05, 3.63) is 0 Å². The predicted molar refractivity (Wildman–Crippen MR) is 51.0 cm³/mol. The van der Waals surface area contributed by atoms with E-state index >= 15 is 0 Å². The van der Waals surface area contributed by atoms with E-state index in [-0.39, 0.29) is 0 Å². The Morgan fingerprint density at radius 1 is 1.42 bits per heavy atom. The topological polar surface area (TPSA) is 35.2 Å². The van der Waals surface area contributed by atoms with Gasteiger partial charge in [-0.1, -0.05) is 13.3 Å². The van der Waals surface area contributed by atoms with Gasteiger partial charge in [-0.2, -0.15) is 0 Å². The van der Waals surface area contributed by atoms with Crippen molar-refractivity contribution in [2.45, 2.75) is 45.1 Å². The first kappa shape index (κ1) is 10.0. The minimum atomic E-state index is 0.414. The lowest BCUT2D eigenvalue weighted by Gasteiger charge is -2.20. The Kier molecular flexibility index (Phi) is 4.62. The highest BCUT2D eigenvalue weighted by molar-refractivity contribution is 4.74. The highest BCUT2D eigenvalue weighted by atomic mass is 16.5. The monoisotopic (exact) mass is 171 g/mol. The smallest absolute Gasteiger partial charge is 0.0469 e. The molecule has 0 aromatic heterocycles. The Bertz CT molecular complexity index is 108. The van der Waals surface area contributed by atoms with Crippen molar-refractivity contribution in [3.8, 4) is 0 Å². The van der Waals surface area contributed by atoms with E-state index in [2.05, 4.69) is 6.92 Å². The third-order valence-corrected chi connectivity index (χ3v) is 2.72. The predicted octanol–water partition coefficient (Wildman–Crippen LogP) is 1.93. The van der Waals surface area contributed by atoms with Crippen molar-refractivity contribution >= 4 is 0 Å². The molecule has 0 aromatic carbocycles. The van der Waals surface area contributed by atoms with Gasteiger partial charge in [-0.15, -0.1) is 0 Å². The minimum Gasteiger partial charge on any atom is -0.381 e. The van der Waals surface area contributed by atoms with Crippen LogP contribution in [0.1, 0.15) is 39.0 Å². The summed E-state index contributed by atoms with van der Waals surface area (Å²) in [5, 5.41) is 0. The average molecular weight is 171 g/mol. The maximum absolute atomic E-state index is 6.07. The highest BCUT2D eigenvalue weighted by Gasteiger charge is 2.18. The van der Waals surface area contributed by atoms with Crippen molar-refractivity contribution in [3.63, 3.8) is 0 Å². The Balaban J connectivity index is 2.27. The Morgan fingerprint density at radius 3 is 3.00 bits per heavy atom. The molecule has 1 saturated heterocycles. The molecule has 72 valence electrons. The molecule has 1 heterocycles. The van der Waals surface area contributed by atoms with Crippen molar-refractivity contribution in [1.82, 2.24) is 0 Å². The van der Waals surface area contributed by atoms with Crippen LogP contribution in [0.15, 0.2) is 0 Å². The van der Waals surface area contributed by atoms with E-state index in [0.29, 0.717) is 12.0 Å². The Morgan fingerprint density at radius 2 is 2.25 bits per heavy atom. The summed E-state index contributed by atoms with van der Waals surface area (Å²) in [5.41, 5.74) is 6.07. The molecular formula is C10H21NO. The number of rotatable bonds is 3.